The van der Waals surface area contributed by atoms with Gasteiger partial charge < -0.3 is 11.1 Å². The van der Waals surface area contributed by atoms with Gasteiger partial charge in [-0.25, -0.2) is 0 Å². The third kappa shape index (κ3) is 4.12. The summed E-state index contributed by atoms with van der Waals surface area (Å²) in [5.41, 5.74) is 9.75. The zero-order chi connectivity index (χ0) is 14.4. The maximum Gasteiger partial charge on any atom is 0.221 e. The molecule has 0 fully saturated rings. The molecule has 0 saturated carbocycles. The van der Waals surface area contributed by atoms with Gasteiger partial charge in [-0.1, -0.05) is 43.3 Å². The minimum atomic E-state index is -0.304. The number of aryl methyl sites for hydroxylation is 1. The lowest BCUT2D eigenvalue weighted by molar-refractivity contribution is -0.117. The third-order valence-electron chi connectivity index (χ3n) is 3.26. The molecule has 0 saturated heterocycles. The molecule has 2 aromatic rings. The van der Waals surface area contributed by atoms with Gasteiger partial charge in [0.25, 0.3) is 0 Å². The number of carbonyl (C=O) groups excluding carboxylic acids is 1. The molecule has 0 unspecified atom stereocenters. The van der Waals surface area contributed by atoms with Gasteiger partial charge in [-0.3, -0.25) is 4.79 Å². The zero-order valence-corrected chi connectivity index (χ0v) is 11.7. The summed E-state index contributed by atoms with van der Waals surface area (Å²) in [6, 6.07) is 16.4. The van der Waals surface area contributed by atoms with Crippen LogP contribution in [-0.4, -0.2) is 5.91 Å². The van der Waals surface area contributed by atoms with E-state index in [1.165, 1.54) is 11.1 Å². The first-order valence-electron chi connectivity index (χ1n) is 6.86. The van der Waals surface area contributed by atoms with Gasteiger partial charge in [0, 0.05) is 12.2 Å². The van der Waals surface area contributed by atoms with Gasteiger partial charge in [-0.2, -0.15) is 0 Å². The van der Waals surface area contributed by atoms with Gasteiger partial charge in [0.2, 0.25) is 5.91 Å². The Bertz CT molecular complexity index is 559. The van der Waals surface area contributed by atoms with E-state index in [0.29, 0.717) is 6.42 Å². The lowest BCUT2D eigenvalue weighted by atomic mass is 10.1. The maximum absolute atomic E-state index is 10.8. The molecule has 3 nitrogen and oxygen atoms in total. The number of anilines is 1. The summed E-state index contributed by atoms with van der Waals surface area (Å²) in [4.78, 5) is 10.8. The number of amides is 1. The van der Waals surface area contributed by atoms with Gasteiger partial charge in [-0.05, 0) is 35.2 Å². The van der Waals surface area contributed by atoms with Crippen LogP contribution >= 0.6 is 0 Å². The van der Waals surface area contributed by atoms with Crippen LogP contribution in [0.25, 0.3) is 0 Å². The maximum atomic E-state index is 10.8. The summed E-state index contributed by atoms with van der Waals surface area (Å²) < 4.78 is 0. The van der Waals surface area contributed by atoms with Gasteiger partial charge >= 0.3 is 0 Å². The molecule has 0 aliphatic rings. The Morgan fingerprint density at radius 2 is 1.50 bits per heavy atom. The number of rotatable bonds is 6. The van der Waals surface area contributed by atoms with E-state index >= 15 is 0 Å². The van der Waals surface area contributed by atoms with Crippen molar-refractivity contribution in [1.82, 2.24) is 0 Å². The largest absolute Gasteiger partial charge is 0.381 e. The highest BCUT2D eigenvalue weighted by Gasteiger charge is 1.99. The summed E-state index contributed by atoms with van der Waals surface area (Å²) in [5, 5.41) is 3.36. The number of nitrogens with one attached hydrogen (secondary N) is 1. The second kappa shape index (κ2) is 6.75. The molecule has 2 rings (SSSR count). The van der Waals surface area contributed by atoms with E-state index in [1.807, 2.05) is 24.3 Å². The van der Waals surface area contributed by atoms with Crippen LogP contribution in [-0.2, 0) is 24.2 Å². The number of hydrogen-bond acceptors (Lipinski definition) is 2. The number of primary amides is 1. The average Bonchev–Trinajstić information content (AvgIpc) is 2.46. The average molecular weight is 268 g/mol. The van der Waals surface area contributed by atoms with Crippen molar-refractivity contribution in [3.05, 3.63) is 65.2 Å². The van der Waals surface area contributed by atoms with Crippen LogP contribution in [0.4, 0.5) is 5.69 Å². The molecule has 0 aliphatic heterocycles. The smallest absolute Gasteiger partial charge is 0.221 e. The minimum absolute atomic E-state index is 0.290. The third-order valence-corrected chi connectivity index (χ3v) is 3.26. The van der Waals surface area contributed by atoms with Crippen molar-refractivity contribution in [3.63, 3.8) is 0 Å². The van der Waals surface area contributed by atoms with E-state index in [4.69, 9.17) is 5.73 Å². The van der Waals surface area contributed by atoms with Crippen molar-refractivity contribution in [2.75, 3.05) is 5.32 Å². The van der Waals surface area contributed by atoms with E-state index in [9.17, 15) is 4.79 Å². The standard InChI is InChI=1S/C17H20N2O/c1-2-13-3-5-15(6-4-13)12-19-16-9-7-14(8-10-16)11-17(18)20/h3-10,19H,2,11-12H2,1H3,(H2,18,20). The molecule has 3 N–H and O–H groups in total. The van der Waals surface area contributed by atoms with Crippen molar-refractivity contribution in [3.8, 4) is 0 Å². The Morgan fingerprint density at radius 1 is 0.950 bits per heavy atom. The topological polar surface area (TPSA) is 55.1 Å². The van der Waals surface area contributed by atoms with E-state index in [2.05, 4.69) is 36.5 Å². The molecule has 0 aliphatic carbocycles. The quantitative estimate of drug-likeness (QED) is 0.846. The molecule has 1 amide bonds. The highest BCUT2D eigenvalue weighted by molar-refractivity contribution is 5.76. The lowest BCUT2D eigenvalue weighted by Gasteiger charge is -2.08. The Morgan fingerprint density at radius 3 is 2.05 bits per heavy atom. The second-order valence-electron chi connectivity index (χ2n) is 4.86. The normalized spacial score (nSPS) is 10.2. The molecular formula is C17H20N2O. The Hall–Kier alpha value is -2.29. The summed E-state index contributed by atoms with van der Waals surface area (Å²) in [5.74, 6) is -0.304. The molecule has 0 radical (unpaired) electrons. The lowest BCUT2D eigenvalue weighted by Crippen LogP contribution is -2.13. The predicted octanol–water partition coefficient (Wildman–Crippen LogP) is 2.89. The van der Waals surface area contributed by atoms with Crippen molar-refractivity contribution in [2.45, 2.75) is 26.3 Å². The first-order chi connectivity index (χ1) is 9.67. The number of nitrogens with two attached hydrogens (primary N) is 1. The molecule has 3 heteroatoms. The van der Waals surface area contributed by atoms with E-state index < -0.39 is 0 Å². The Balaban J connectivity index is 1.91. The highest BCUT2D eigenvalue weighted by Crippen LogP contribution is 2.12. The Kier molecular flexibility index (Phi) is 4.77. The van der Waals surface area contributed by atoms with Gasteiger partial charge in [0.15, 0.2) is 0 Å². The van der Waals surface area contributed by atoms with Crippen molar-refractivity contribution < 1.29 is 4.79 Å². The molecule has 0 bridgehead atoms. The van der Waals surface area contributed by atoms with E-state index in [-0.39, 0.29) is 5.91 Å². The van der Waals surface area contributed by atoms with Gasteiger partial charge in [-0.15, -0.1) is 0 Å². The van der Waals surface area contributed by atoms with Crippen molar-refractivity contribution >= 4 is 11.6 Å². The van der Waals surface area contributed by atoms with E-state index in [0.717, 1.165) is 24.2 Å². The first kappa shape index (κ1) is 14.1. The fraction of sp³-hybridized carbons (Fsp3) is 0.235. The first-order valence-corrected chi connectivity index (χ1v) is 6.86. The molecule has 0 atom stereocenters. The summed E-state index contributed by atoms with van der Waals surface area (Å²) >= 11 is 0. The van der Waals surface area contributed by atoms with Crippen LogP contribution < -0.4 is 11.1 Å². The van der Waals surface area contributed by atoms with Crippen molar-refractivity contribution in [2.24, 2.45) is 5.73 Å². The molecule has 20 heavy (non-hydrogen) atoms. The monoisotopic (exact) mass is 268 g/mol. The van der Waals surface area contributed by atoms with E-state index in [1.54, 1.807) is 0 Å². The van der Waals surface area contributed by atoms with Crippen LogP contribution in [0.5, 0.6) is 0 Å². The predicted molar refractivity (Wildman–Crippen MR) is 82.5 cm³/mol. The van der Waals surface area contributed by atoms with Crippen LogP contribution in [0, 0.1) is 0 Å². The van der Waals surface area contributed by atoms with Gasteiger partial charge in [0.1, 0.15) is 0 Å². The Labute approximate surface area is 119 Å². The molecular weight excluding hydrogens is 248 g/mol. The molecule has 2 aromatic carbocycles. The number of benzene rings is 2. The summed E-state index contributed by atoms with van der Waals surface area (Å²) in [6.45, 7) is 2.94. The van der Waals surface area contributed by atoms with Crippen LogP contribution in [0.2, 0.25) is 0 Å². The molecule has 0 aromatic heterocycles. The number of carbonyl (C=O) groups is 1. The fourth-order valence-corrected chi connectivity index (χ4v) is 2.04. The SMILES string of the molecule is CCc1ccc(CNc2ccc(CC(N)=O)cc2)cc1. The fourth-order valence-electron chi connectivity index (χ4n) is 2.04. The van der Waals surface area contributed by atoms with Crippen molar-refractivity contribution in [1.29, 1.82) is 0 Å². The van der Waals surface area contributed by atoms with Crippen LogP contribution in [0.1, 0.15) is 23.6 Å². The second-order valence-corrected chi connectivity index (χ2v) is 4.86. The summed E-state index contributed by atoms with van der Waals surface area (Å²) in [6.07, 6.45) is 1.35. The van der Waals surface area contributed by atoms with Crippen LogP contribution in [0.15, 0.2) is 48.5 Å². The van der Waals surface area contributed by atoms with Crippen LogP contribution in [0.3, 0.4) is 0 Å². The molecule has 104 valence electrons. The highest BCUT2D eigenvalue weighted by atomic mass is 16.1. The van der Waals surface area contributed by atoms with Gasteiger partial charge in [0.05, 0.1) is 6.42 Å². The minimum Gasteiger partial charge on any atom is -0.381 e. The summed E-state index contributed by atoms with van der Waals surface area (Å²) in [7, 11) is 0. The molecule has 0 heterocycles. The molecule has 0 spiro atoms. The number of hydrogen-bond donors (Lipinski definition) is 2. The zero-order valence-electron chi connectivity index (χ0n) is 11.7.